The van der Waals surface area contributed by atoms with Crippen molar-refractivity contribution >= 4 is 5.97 Å². The molecule has 0 aliphatic rings. The van der Waals surface area contributed by atoms with Crippen LogP contribution in [0.3, 0.4) is 0 Å². The van der Waals surface area contributed by atoms with Gasteiger partial charge in [-0.25, -0.2) is 4.79 Å². The van der Waals surface area contributed by atoms with E-state index >= 15 is 0 Å². The van der Waals surface area contributed by atoms with Gasteiger partial charge in [-0.3, -0.25) is 0 Å². The highest BCUT2D eigenvalue weighted by Gasteiger charge is 2.02. The topological polar surface area (TPSA) is 54.0 Å². The van der Waals surface area contributed by atoms with Crippen LogP contribution in [0.5, 0.6) is 11.5 Å². The molecule has 0 unspecified atom stereocenters. The molecular formula is C29H36O5. The summed E-state index contributed by atoms with van der Waals surface area (Å²) in [5.74, 6) is 1.97. The molecule has 0 saturated heterocycles. The van der Waals surface area contributed by atoms with Gasteiger partial charge in [-0.05, 0) is 80.0 Å². The van der Waals surface area contributed by atoms with Gasteiger partial charge in [0, 0.05) is 6.08 Å². The number of carbonyl (C=O) groups is 1. The lowest BCUT2D eigenvalue weighted by Crippen LogP contribution is -2.03. The van der Waals surface area contributed by atoms with Crippen LogP contribution >= 0.6 is 0 Å². The highest BCUT2D eigenvalue weighted by molar-refractivity contribution is 5.81. The zero-order valence-corrected chi connectivity index (χ0v) is 20.0. The molecule has 0 spiro atoms. The van der Waals surface area contributed by atoms with E-state index in [4.69, 9.17) is 18.9 Å². The van der Waals surface area contributed by atoms with Crippen LogP contribution in [0.25, 0.3) is 11.1 Å². The molecule has 0 radical (unpaired) electrons. The number of allylic oxidation sites excluding steroid dienone is 1. The monoisotopic (exact) mass is 464 g/mol. The van der Waals surface area contributed by atoms with Gasteiger partial charge in [0.05, 0.1) is 26.4 Å². The first-order chi connectivity index (χ1) is 16.6. The van der Waals surface area contributed by atoms with Gasteiger partial charge >= 0.3 is 5.97 Å². The summed E-state index contributed by atoms with van der Waals surface area (Å²) in [7, 11) is 0. The van der Waals surface area contributed by atoms with Crippen molar-refractivity contribution in [2.45, 2.75) is 38.5 Å². The van der Waals surface area contributed by atoms with Gasteiger partial charge in [0.2, 0.25) is 0 Å². The molecule has 0 amide bonds. The first kappa shape index (κ1) is 26.8. The predicted molar refractivity (Wildman–Crippen MR) is 137 cm³/mol. The molecule has 0 heterocycles. The maximum atomic E-state index is 11.0. The number of esters is 1. The minimum Gasteiger partial charge on any atom is -0.494 e. The Morgan fingerprint density at radius 2 is 1.06 bits per heavy atom. The van der Waals surface area contributed by atoms with E-state index in [0.29, 0.717) is 32.2 Å². The third-order valence-corrected chi connectivity index (χ3v) is 5.08. The smallest absolute Gasteiger partial charge is 0.330 e. The number of hydrogen-bond acceptors (Lipinski definition) is 5. The van der Waals surface area contributed by atoms with E-state index in [9.17, 15) is 4.79 Å². The average molecular weight is 465 g/mol. The maximum absolute atomic E-state index is 11.0. The van der Waals surface area contributed by atoms with Gasteiger partial charge in [-0.15, -0.1) is 0 Å². The predicted octanol–water partition coefficient (Wildman–Crippen LogP) is 6.90. The van der Waals surface area contributed by atoms with Crippen molar-refractivity contribution in [1.29, 1.82) is 0 Å². The lowest BCUT2D eigenvalue weighted by atomic mass is 10.1. The maximum Gasteiger partial charge on any atom is 0.330 e. The summed E-state index contributed by atoms with van der Waals surface area (Å²) in [6, 6.07) is 16.2. The minimum atomic E-state index is -0.372. The number of ether oxygens (including phenoxy) is 4. The molecule has 0 aromatic heterocycles. The Morgan fingerprint density at radius 1 is 0.618 bits per heavy atom. The van der Waals surface area contributed by atoms with Crippen molar-refractivity contribution in [1.82, 2.24) is 0 Å². The first-order valence-corrected chi connectivity index (χ1v) is 11.8. The molecule has 0 atom stereocenters. The third-order valence-electron chi connectivity index (χ3n) is 5.08. The van der Waals surface area contributed by atoms with Gasteiger partial charge in [-0.2, -0.15) is 0 Å². The van der Waals surface area contributed by atoms with Crippen molar-refractivity contribution in [3.8, 4) is 22.6 Å². The second-order valence-electron chi connectivity index (χ2n) is 7.76. The number of benzene rings is 2. The SMILES string of the molecule is C=CC(=C)OCCCCCOc1ccc(-c2ccc(OCCCCCOC(=O)C=C)cc2)cc1. The molecule has 2 rings (SSSR count). The Kier molecular flexibility index (Phi) is 12.8. The molecule has 0 saturated carbocycles. The fourth-order valence-electron chi connectivity index (χ4n) is 3.12. The Bertz CT molecular complexity index is 808. The number of rotatable bonds is 18. The van der Waals surface area contributed by atoms with Crippen molar-refractivity contribution in [3.63, 3.8) is 0 Å². The van der Waals surface area contributed by atoms with E-state index in [1.54, 1.807) is 6.08 Å². The molecule has 0 aliphatic carbocycles. The van der Waals surface area contributed by atoms with E-state index in [-0.39, 0.29) is 5.97 Å². The molecule has 5 heteroatoms. The van der Waals surface area contributed by atoms with Crippen LogP contribution < -0.4 is 9.47 Å². The van der Waals surface area contributed by atoms with E-state index in [1.165, 1.54) is 6.08 Å². The van der Waals surface area contributed by atoms with Crippen molar-refractivity contribution in [3.05, 3.63) is 86.2 Å². The number of hydrogen-bond donors (Lipinski definition) is 0. The lowest BCUT2D eigenvalue weighted by Gasteiger charge is -2.09. The van der Waals surface area contributed by atoms with Crippen LogP contribution in [-0.4, -0.2) is 32.4 Å². The summed E-state index contributed by atoms with van der Waals surface area (Å²) in [4.78, 5) is 11.0. The summed E-state index contributed by atoms with van der Waals surface area (Å²) >= 11 is 0. The zero-order chi connectivity index (χ0) is 24.4. The Labute approximate surface area is 203 Å². The molecule has 0 aliphatic heterocycles. The van der Waals surface area contributed by atoms with Gasteiger partial charge in [0.25, 0.3) is 0 Å². The average Bonchev–Trinajstić information content (AvgIpc) is 2.88. The molecule has 2 aromatic rings. The van der Waals surface area contributed by atoms with Crippen molar-refractivity contribution < 1.29 is 23.7 Å². The van der Waals surface area contributed by atoms with E-state index in [2.05, 4.69) is 44.0 Å². The first-order valence-electron chi connectivity index (χ1n) is 11.8. The van der Waals surface area contributed by atoms with Crippen LogP contribution in [0.15, 0.2) is 86.2 Å². The Morgan fingerprint density at radius 3 is 1.50 bits per heavy atom. The Hall–Kier alpha value is -3.47. The molecule has 0 fully saturated rings. The van der Waals surface area contributed by atoms with Crippen LogP contribution in [0.1, 0.15) is 38.5 Å². The van der Waals surface area contributed by atoms with Crippen molar-refractivity contribution in [2.24, 2.45) is 0 Å². The second-order valence-corrected chi connectivity index (χ2v) is 7.76. The number of carbonyl (C=O) groups excluding carboxylic acids is 1. The second kappa shape index (κ2) is 16.2. The lowest BCUT2D eigenvalue weighted by molar-refractivity contribution is -0.137. The highest BCUT2D eigenvalue weighted by Crippen LogP contribution is 2.25. The highest BCUT2D eigenvalue weighted by atomic mass is 16.5. The minimum absolute atomic E-state index is 0.372. The summed E-state index contributed by atoms with van der Waals surface area (Å²) in [6.07, 6.45) is 8.47. The van der Waals surface area contributed by atoms with Crippen LogP contribution in [-0.2, 0) is 14.3 Å². The van der Waals surface area contributed by atoms with E-state index in [0.717, 1.165) is 61.2 Å². The van der Waals surface area contributed by atoms with Crippen LogP contribution in [0.2, 0.25) is 0 Å². The van der Waals surface area contributed by atoms with Crippen molar-refractivity contribution in [2.75, 3.05) is 26.4 Å². The molecule has 5 nitrogen and oxygen atoms in total. The van der Waals surface area contributed by atoms with Crippen LogP contribution in [0, 0.1) is 0 Å². The molecular weight excluding hydrogens is 428 g/mol. The standard InChI is InChI=1S/C29H36O5/c1-4-24(3)31-20-8-6-9-21-32-27-16-12-25(13-17-27)26-14-18-28(19-15-26)33-22-10-7-11-23-34-29(30)5-2/h4-5,12-19H,1-3,6-11,20-23H2. The van der Waals surface area contributed by atoms with E-state index < -0.39 is 0 Å². The summed E-state index contributed by atoms with van der Waals surface area (Å²) in [6.45, 7) is 13.1. The van der Waals surface area contributed by atoms with Gasteiger partial charge in [-0.1, -0.05) is 44.0 Å². The third kappa shape index (κ3) is 10.9. The molecule has 0 bridgehead atoms. The fraction of sp³-hybridized carbons (Fsp3) is 0.345. The molecule has 34 heavy (non-hydrogen) atoms. The molecule has 2 aromatic carbocycles. The molecule has 182 valence electrons. The Balaban J connectivity index is 1.62. The largest absolute Gasteiger partial charge is 0.494 e. The zero-order valence-electron chi connectivity index (χ0n) is 20.0. The van der Waals surface area contributed by atoms with Crippen LogP contribution in [0.4, 0.5) is 0 Å². The van der Waals surface area contributed by atoms with Gasteiger partial charge < -0.3 is 18.9 Å². The van der Waals surface area contributed by atoms with Gasteiger partial charge in [0.15, 0.2) is 0 Å². The normalized spacial score (nSPS) is 10.2. The summed E-state index contributed by atoms with van der Waals surface area (Å²) < 4.78 is 22.0. The summed E-state index contributed by atoms with van der Waals surface area (Å²) in [5.41, 5.74) is 2.26. The van der Waals surface area contributed by atoms with Gasteiger partial charge in [0.1, 0.15) is 17.3 Å². The summed E-state index contributed by atoms with van der Waals surface area (Å²) in [5, 5.41) is 0. The van der Waals surface area contributed by atoms with E-state index in [1.807, 2.05) is 24.3 Å². The fourth-order valence-corrected chi connectivity index (χ4v) is 3.12. The number of unbranched alkanes of at least 4 members (excludes halogenated alkanes) is 4. The quantitative estimate of drug-likeness (QED) is 0.0790. The molecule has 0 N–H and O–H groups in total.